The molecule has 304 valence electrons. The predicted molar refractivity (Wildman–Crippen MR) is 208 cm³/mol. The molecule has 18 nitrogen and oxygen atoms in total. The molecule has 1 aliphatic carbocycles. The number of aryl methyl sites for hydroxylation is 1. The fourth-order valence-electron chi connectivity index (χ4n) is 8.46. The second-order valence-electron chi connectivity index (χ2n) is 15.8. The van der Waals surface area contributed by atoms with Gasteiger partial charge in [0.05, 0.1) is 29.9 Å². The van der Waals surface area contributed by atoms with Crippen LogP contribution in [0.5, 0.6) is 5.88 Å². The van der Waals surface area contributed by atoms with Crippen LogP contribution < -0.4 is 15.4 Å². The van der Waals surface area contributed by atoms with Crippen molar-refractivity contribution in [3.05, 3.63) is 40.4 Å². The molecule has 2 saturated heterocycles. The van der Waals surface area contributed by atoms with E-state index in [0.717, 1.165) is 75.1 Å². The quantitative estimate of drug-likeness (QED) is 0.164. The first-order valence-corrected chi connectivity index (χ1v) is 20.4. The molecule has 7 rings (SSSR count). The smallest absolute Gasteiger partial charge is 0.326 e. The van der Waals surface area contributed by atoms with Gasteiger partial charge < -0.3 is 39.9 Å². The minimum atomic E-state index is -1.14. The number of rotatable bonds is 13. The monoisotopic (exact) mass is 802 g/mol. The molecule has 0 spiro atoms. The van der Waals surface area contributed by atoms with Gasteiger partial charge in [-0.15, -0.1) is 11.3 Å². The van der Waals surface area contributed by atoms with Crippen LogP contribution >= 0.6 is 11.3 Å². The fraction of sp³-hybridized carbons (Fsp3) is 0.605. The summed E-state index contributed by atoms with van der Waals surface area (Å²) in [6.45, 7) is 11.8. The second kappa shape index (κ2) is 16.7. The van der Waals surface area contributed by atoms with Crippen LogP contribution in [0.1, 0.15) is 94.2 Å². The topological polar surface area (TPSA) is 239 Å². The lowest BCUT2D eigenvalue weighted by Crippen LogP contribution is -2.45. The van der Waals surface area contributed by atoms with Crippen LogP contribution in [0.25, 0.3) is 11.5 Å². The number of anilines is 2. The number of nitrogens with two attached hydrogens (primary N) is 1. The normalized spacial score (nSPS) is 23.3. The van der Waals surface area contributed by atoms with Gasteiger partial charge in [-0.25, -0.2) is 19.4 Å². The van der Waals surface area contributed by atoms with Gasteiger partial charge >= 0.3 is 5.97 Å². The Balaban J connectivity index is 0.911. The van der Waals surface area contributed by atoms with Crippen molar-refractivity contribution in [2.75, 3.05) is 50.0 Å². The lowest BCUT2D eigenvalue weighted by Gasteiger charge is -2.30. The fourth-order valence-corrected chi connectivity index (χ4v) is 9.65. The number of carbonyl (C=O) groups is 2. The van der Waals surface area contributed by atoms with Crippen LogP contribution in [0.15, 0.2) is 23.0 Å². The summed E-state index contributed by atoms with van der Waals surface area (Å²) >= 11 is 1.47. The molecule has 0 radical (unpaired) electrons. The molecule has 6 heterocycles. The maximum atomic E-state index is 13.4. The van der Waals surface area contributed by atoms with E-state index in [4.69, 9.17) is 25.0 Å². The third-order valence-corrected chi connectivity index (χ3v) is 12.4. The number of amides is 1. The summed E-state index contributed by atoms with van der Waals surface area (Å²) in [5.74, 6) is -0.0263. The number of fused-ring (bicyclic) bond motifs is 1. The number of nitrogen functional groups attached to an aromatic ring is 1. The van der Waals surface area contributed by atoms with Crippen molar-refractivity contribution < 1.29 is 29.1 Å². The summed E-state index contributed by atoms with van der Waals surface area (Å²) in [6.07, 6.45) is 7.63. The van der Waals surface area contributed by atoms with Crippen LogP contribution in [-0.4, -0.2) is 125 Å². The zero-order valence-electron chi connectivity index (χ0n) is 32.7. The average Bonchev–Trinajstić information content (AvgIpc) is 3.98. The van der Waals surface area contributed by atoms with Crippen molar-refractivity contribution >= 4 is 34.2 Å². The molecule has 0 saturated carbocycles. The number of carboxylic acids is 1. The first-order chi connectivity index (χ1) is 27.4. The molecule has 57 heavy (non-hydrogen) atoms. The predicted octanol–water partition coefficient (Wildman–Crippen LogP) is 3.28. The largest absolute Gasteiger partial charge is 0.480 e. The van der Waals surface area contributed by atoms with Gasteiger partial charge in [-0.05, 0) is 77.4 Å². The molecule has 1 amide bonds. The van der Waals surface area contributed by atoms with Gasteiger partial charge in [0.25, 0.3) is 5.88 Å². The Morgan fingerprint density at radius 2 is 2.04 bits per heavy atom. The lowest BCUT2D eigenvalue weighted by atomic mass is 9.72. The lowest BCUT2D eigenvalue weighted by molar-refractivity contribution is -0.150. The summed E-state index contributed by atoms with van der Waals surface area (Å²) in [4.78, 5) is 46.5. The number of aromatic nitrogens is 7. The summed E-state index contributed by atoms with van der Waals surface area (Å²) in [7, 11) is 0. The van der Waals surface area contributed by atoms with Gasteiger partial charge in [-0.1, -0.05) is 29.3 Å². The van der Waals surface area contributed by atoms with Crippen molar-refractivity contribution in [3.63, 3.8) is 0 Å². The molecule has 19 heteroatoms. The summed E-state index contributed by atoms with van der Waals surface area (Å²) in [5, 5.41) is 42.6. The van der Waals surface area contributed by atoms with E-state index >= 15 is 0 Å². The standard InChI is InChI=1S/C38H50N12O6S/c1-22(2)31(34(52)49-20-24(51)17-27(49)35(53)54)50-21-29(44-46-50)55-16-6-5-13-47-14-8-15-48(23(3)19-47)37-41-12-10-26(42-37)33-43-36(56-45-33)38(4)11-7-9-28-30(38)25(18-39)32(40)57-28/h10,12,21-24,27,31,51H,5-9,11,13-17,19-20,40H2,1-4H3,(H,53,54)/t23-,24+,27-,31-,38-/m0/s1. The second-order valence-corrected chi connectivity index (χ2v) is 17.0. The Bertz CT molecular complexity index is 2110. The van der Waals surface area contributed by atoms with E-state index in [1.807, 2.05) is 20.8 Å². The molecule has 0 unspecified atom stereocenters. The van der Waals surface area contributed by atoms with Crippen LogP contribution in [0.2, 0.25) is 0 Å². The number of nitrogens with zero attached hydrogens (tertiary/aromatic N) is 11. The highest BCUT2D eigenvalue weighted by Gasteiger charge is 2.44. The zero-order chi connectivity index (χ0) is 40.4. The van der Waals surface area contributed by atoms with Gasteiger partial charge in [0.2, 0.25) is 23.6 Å². The van der Waals surface area contributed by atoms with Crippen LogP contribution in [-0.2, 0) is 21.4 Å². The summed E-state index contributed by atoms with van der Waals surface area (Å²) in [6, 6.07) is 2.37. The van der Waals surface area contributed by atoms with Crippen molar-refractivity contribution in [3.8, 4) is 23.5 Å². The molecule has 0 aromatic carbocycles. The zero-order valence-corrected chi connectivity index (χ0v) is 33.6. The number of hydrogen-bond acceptors (Lipinski definition) is 16. The van der Waals surface area contributed by atoms with E-state index in [9.17, 15) is 25.1 Å². The van der Waals surface area contributed by atoms with Crippen LogP contribution in [0.4, 0.5) is 10.9 Å². The van der Waals surface area contributed by atoms with E-state index in [1.54, 1.807) is 18.5 Å². The summed E-state index contributed by atoms with van der Waals surface area (Å²) < 4.78 is 13.2. The highest BCUT2D eigenvalue weighted by atomic mass is 32.1. The van der Waals surface area contributed by atoms with Gasteiger partial charge in [0.15, 0.2) is 0 Å². The maximum Gasteiger partial charge on any atom is 0.326 e. The van der Waals surface area contributed by atoms with Crippen LogP contribution in [0.3, 0.4) is 0 Å². The molecule has 5 atom stereocenters. The molecule has 2 aliphatic heterocycles. The Morgan fingerprint density at radius 1 is 1.21 bits per heavy atom. The van der Waals surface area contributed by atoms with Crippen molar-refractivity contribution in [2.45, 2.75) is 102 Å². The third-order valence-electron chi connectivity index (χ3n) is 11.3. The number of likely N-dealkylation sites (tertiary alicyclic amines) is 1. The van der Waals surface area contributed by atoms with E-state index in [-0.39, 0.29) is 24.9 Å². The van der Waals surface area contributed by atoms with Crippen LogP contribution in [0, 0.1) is 17.2 Å². The number of hydrogen-bond donors (Lipinski definition) is 3. The number of unbranched alkanes of at least 4 members (excludes halogenated alkanes) is 1. The molecule has 0 bridgehead atoms. The molecular formula is C38H50N12O6S. The molecule has 3 aliphatic rings. The number of β-amino-alcohol motifs (C(OH)–C–C–N with tert-alkyl or cyclic N) is 1. The Labute approximate surface area is 334 Å². The minimum absolute atomic E-state index is 0.000477. The third kappa shape index (κ3) is 8.16. The molecule has 4 aromatic heterocycles. The molecule has 2 fully saturated rings. The molecule has 4 aromatic rings. The van der Waals surface area contributed by atoms with E-state index in [0.29, 0.717) is 46.4 Å². The number of thiophene rings is 1. The van der Waals surface area contributed by atoms with Gasteiger partial charge in [-0.2, -0.15) is 10.2 Å². The maximum absolute atomic E-state index is 13.4. The number of nitriles is 1. The van der Waals surface area contributed by atoms with Crippen molar-refractivity contribution in [1.82, 2.24) is 44.9 Å². The Kier molecular flexibility index (Phi) is 11.7. The van der Waals surface area contributed by atoms with Crippen molar-refractivity contribution in [1.29, 1.82) is 5.26 Å². The molecule has 4 N–H and O–H groups in total. The Hall–Kier alpha value is -5.19. The van der Waals surface area contributed by atoms with Gasteiger partial charge in [0, 0.05) is 48.7 Å². The van der Waals surface area contributed by atoms with E-state index < -0.39 is 35.5 Å². The highest BCUT2D eigenvalue weighted by molar-refractivity contribution is 7.16. The summed E-state index contributed by atoms with van der Waals surface area (Å²) in [5.41, 5.74) is 7.58. The number of carboxylic acid groups (broad SMARTS) is 1. The minimum Gasteiger partial charge on any atom is -0.480 e. The van der Waals surface area contributed by atoms with E-state index in [2.05, 4.69) is 43.2 Å². The van der Waals surface area contributed by atoms with E-state index in [1.165, 1.54) is 20.9 Å². The van der Waals surface area contributed by atoms with Crippen molar-refractivity contribution in [2.24, 2.45) is 5.92 Å². The van der Waals surface area contributed by atoms with Gasteiger partial charge in [0.1, 0.15) is 28.8 Å². The van der Waals surface area contributed by atoms with Gasteiger partial charge in [-0.3, -0.25) is 4.79 Å². The number of ether oxygens (including phenoxy) is 1. The first-order valence-electron chi connectivity index (χ1n) is 19.6. The first kappa shape index (κ1) is 40.0. The Morgan fingerprint density at radius 3 is 2.81 bits per heavy atom. The number of aliphatic carboxylic acids is 1. The average molecular weight is 803 g/mol. The SMILES string of the molecule is CC(C)[C@@H](C(=O)N1C[C@H](O)C[C@H]1C(=O)O)n1cc(OCCCCN2CCCN(c3nccc(-c4noc([C@@]5(C)CCCc6sc(N)c(C#N)c65)n4)n3)[C@@H](C)C2)nn1. The number of carbonyl (C=O) groups excluding carboxylic acids is 1. The number of aliphatic hydroxyl groups is 1. The highest BCUT2D eigenvalue weighted by Crippen LogP contribution is 2.48. The molecular weight excluding hydrogens is 753 g/mol. The number of aliphatic hydroxyl groups excluding tert-OH is 1.